The first-order chi connectivity index (χ1) is 10.6. The number of hydrogen-bond acceptors (Lipinski definition) is 3. The van der Waals surface area contributed by atoms with Crippen molar-refractivity contribution in [3.8, 4) is 0 Å². The standard InChI is InChI=1S/C17H25N3O2/c1-19-10-6-14(21)13(11-19)16(22)20-9-3-2-5-15(20)17(12-18)7-4-8-17/h6,10-11,15H,2-5,7-9,12,18H2,1H3. The Kier molecular flexibility index (Phi) is 4.08. The van der Waals surface area contributed by atoms with Gasteiger partial charge in [0.05, 0.1) is 0 Å². The lowest BCUT2D eigenvalue weighted by Gasteiger charge is -2.53. The van der Waals surface area contributed by atoms with Crippen molar-refractivity contribution in [1.29, 1.82) is 0 Å². The normalized spacial score (nSPS) is 23.9. The van der Waals surface area contributed by atoms with E-state index in [0.717, 1.165) is 38.6 Å². The zero-order chi connectivity index (χ0) is 15.7. The van der Waals surface area contributed by atoms with Gasteiger partial charge in [0.1, 0.15) is 5.56 Å². The molecule has 3 rings (SSSR count). The summed E-state index contributed by atoms with van der Waals surface area (Å²) in [5.41, 5.74) is 6.22. The molecule has 1 aliphatic heterocycles. The number of nitrogens with zero attached hydrogens (tertiary/aromatic N) is 2. The van der Waals surface area contributed by atoms with Crippen LogP contribution in [0.25, 0.3) is 0 Å². The summed E-state index contributed by atoms with van der Waals surface area (Å²) in [5.74, 6) is -0.120. The van der Waals surface area contributed by atoms with Crippen LogP contribution >= 0.6 is 0 Å². The minimum absolute atomic E-state index is 0.0795. The van der Waals surface area contributed by atoms with Gasteiger partial charge in [0.25, 0.3) is 5.91 Å². The molecule has 1 aromatic heterocycles. The maximum atomic E-state index is 13.0. The molecule has 5 nitrogen and oxygen atoms in total. The lowest BCUT2D eigenvalue weighted by molar-refractivity contribution is -0.00887. The van der Waals surface area contributed by atoms with Crippen molar-refractivity contribution in [2.75, 3.05) is 13.1 Å². The van der Waals surface area contributed by atoms with Gasteiger partial charge in [-0.2, -0.15) is 0 Å². The molecule has 0 spiro atoms. The number of pyridine rings is 1. The Morgan fingerprint density at radius 2 is 2.14 bits per heavy atom. The highest BCUT2D eigenvalue weighted by molar-refractivity contribution is 5.94. The molecule has 120 valence electrons. The summed E-state index contributed by atoms with van der Waals surface area (Å²) in [6.45, 7) is 1.37. The number of nitrogens with two attached hydrogens (primary N) is 1. The molecule has 2 N–H and O–H groups in total. The molecule has 1 saturated heterocycles. The molecule has 1 aromatic rings. The molecule has 1 unspecified atom stereocenters. The van der Waals surface area contributed by atoms with Crippen LogP contribution in [0.2, 0.25) is 0 Å². The van der Waals surface area contributed by atoms with E-state index in [9.17, 15) is 9.59 Å². The fourth-order valence-corrected chi connectivity index (χ4v) is 4.02. The van der Waals surface area contributed by atoms with Gasteiger partial charge < -0.3 is 15.2 Å². The zero-order valence-electron chi connectivity index (χ0n) is 13.3. The van der Waals surface area contributed by atoms with Gasteiger partial charge in [0.15, 0.2) is 5.43 Å². The smallest absolute Gasteiger partial charge is 0.259 e. The fraction of sp³-hybridized carbons (Fsp3) is 0.647. The third-order valence-corrected chi connectivity index (χ3v) is 5.52. The average molecular weight is 303 g/mol. The summed E-state index contributed by atoms with van der Waals surface area (Å²) in [6, 6.07) is 1.66. The first kappa shape index (κ1) is 15.3. The predicted octanol–water partition coefficient (Wildman–Crippen LogP) is 1.51. The summed E-state index contributed by atoms with van der Waals surface area (Å²) in [6.07, 6.45) is 9.89. The third-order valence-electron chi connectivity index (χ3n) is 5.52. The number of carbonyl (C=O) groups is 1. The van der Waals surface area contributed by atoms with E-state index in [2.05, 4.69) is 0 Å². The Hall–Kier alpha value is -1.62. The quantitative estimate of drug-likeness (QED) is 0.920. The number of piperidine rings is 1. The van der Waals surface area contributed by atoms with E-state index in [1.54, 1.807) is 17.0 Å². The third kappa shape index (κ3) is 2.47. The Labute approximate surface area is 131 Å². The number of aromatic nitrogens is 1. The van der Waals surface area contributed by atoms with Crippen LogP contribution in [-0.4, -0.2) is 34.5 Å². The van der Waals surface area contributed by atoms with Gasteiger partial charge in [0, 0.05) is 43.5 Å². The van der Waals surface area contributed by atoms with Gasteiger partial charge in [-0.1, -0.05) is 6.42 Å². The SMILES string of the molecule is Cn1ccc(=O)c(C(=O)N2CCCCC2C2(CN)CCC2)c1. The Morgan fingerprint density at radius 3 is 2.77 bits per heavy atom. The van der Waals surface area contributed by atoms with Gasteiger partial charge >= 0.3 is 0 Å². The van der Waals surface area contributed by atoms with Crippen LogP contribution < -0.4 is 11.2 Å². The number of likely N-dealkylation sites (tertiary alicyclic amines) is 1. The summed E-state index contributed by atoms with van der Waals surface area (Å²) in [7, 11) is 1.83. The number of carbonyl (C=O) groups excluding carboxylic acids is 1. The van der Waals surface area contributed by atoms with Gasteiger partial charge in [-0.05, 0) is 38.6 Å². The molecule has 0 bridgehead atoms. The number of aryl methyl sites for hydroxylation is 1. The second-order valence-corrected chi connectivity index (χ2v) is 6.82. The second-order valence-electron chi connectivity index (χ2n) is 6.82. The monoisotopic (exact) mass is 303 g/mol. The molecule has 2 fully saturated rings. The molecule has 0 radical (unpaired) electrons. The summed E-state index contributed by atoms with van der Waals surface area (Å²) < 4.78 is 1.76. The average Bonchev–Trinajstić information content (AvgIpc) is 2.49. The van der Waals surface area contributed by atoms with Crippen molar-refractivity contribution >= 4 is 5.91 Å². The number of hydrogen-bond donors (Lipinski definition) is 1. The molecular formula is C17H25N3O2. The van der Waals surface area contributed by atoms with Crippen molar-refractivity contribution in [2.24, 2.45) is 18.2 Å². The van der Waals surface area contributed by atoms with Crippen LogP contribution in [-0.2, 0) is 7.05 Å². The zero-order valence-corrected chi connectivity index (χ0v) is 13.3. The predicted molar refractivity (Wildman–Crippen MR) is 85.7 cm³/mol. The highest BCUT2D eigenvalue weighted by atomic mass is 16.2. The molecule has 1 saturated carbocycles. The molecule has 2 heterocycles. The maximum absolute atomic E-state index is 13.0. The van der Waals surface area contributed by atoms with Gasteiger partial charge in [-0.25, -0.2) is 0 Å². The van der Waals surface area contributed by atoms with E-state index >= 15 is 0 Å². The first-order valence-corrected chi connectivity index (χ1v) is 8.25. The molecule has 1 amide bonds. The number of rotatable bonds is 3. The van der Waals surface area contributed by atoms with Crippen molar-refractivity contribution in [3.63, 3.8) is 0 Å². The van der Waals surface area contributed by atoms with Crippen LogP contribution in [0.5, 0.6) is 0 Å². The van der Waals surface area contributed by atoms with Crippen LogP contribution in [0.4, 0.5) is 0 Å². The molecule has 1 aliphatic carbocycles. The van der Waals surface area contributed by atoms with E-state index in [-0.39, 0.29) is 28.4 Å². The van der Waals surface area contributed by atoms with Gasteiger partial charge in [0.2, 0.25) is 0 Å². The van der Waals surface area contributed by atoms with Crippen molar-refractivity contribution in [1.82, 2.24) is 9.47 Å². The van der Waals surface area contributed by atoms with E-state index < -0.39 is 0 Å². The minimum atomic E-state index is -0.192. The molecule has 1 atom stereocenters. The van der Waals surface area contributed by atoms with E-state index in [1.165, 1.54) is 12.5 Å². The molecule has 2 aliphatic rings. The largest absolute Gasteiger partial charge is 0.356 e. The highest BCUT2D eigenvalue weighted by Crippen LogP contribution is 2.47. The summed E-state index contributed by atoms with van der Waals surface area (Å²) in [5, 5.41) is 0. The van der Waals surface area contributed by atoms with E-state index in [1.807, 2.05) is 11.9 Å². The van der Waals surface area contributed by atoms with Crippen molar-refractivity contribution in [2.45, 2.75) is 44.6 Å². The van der Waals surface area contributed by atoms with E-state index in [4.69, 9.17) is 5.73 Å². The van der Waals surface area contributed by atoms with Crippen LogP contribution in [0, 0.1) is 5.41 Å². The fourth-order valence-electron chi connectivity index (χ4n) is 4.02. The molecule has 22 heavy (non-hydrogen) atoms. The van der Waals surface area contributed by atoms with Gasteiger partial charge in [-0.3, -0.25) is 9.59 Å². The molecule has 5 heteroatoms. The number of amides is 1. The van der Waals surface area contributed by atoms with Crippen LogP contribution in [0.3, 0.4) is 0 Å². The topological polar surface area (TPSA) is 68.3 Å². The van der Waals surface area contributed by atoms with Gasteiger partial charge in [-0.15, -0.1) is 0 Å². The van der Waals surface area contributed by atoms with E-state index in [0.29, 0.717) is 6.54 Å². The van der Waals surface area contributed by atoms with Crippen LogP contribution in [0.1, 0.15) is 48.9 Å². The van der Waals surface area contributed by atoms with Crippen molar-refractivity contribution in [3.05, 3.63) is 34.2 Å². The molecule has 0 aromatic carbocycles. The Bertz CT molecular complexity index is 613. The highest BCUT2D eigenvalue weighted by Gasteiger charge is 2.47. The molecular weight excluding hydrogens is 278 g/mol. The van der Waals surface area contributed by atoms with Crippen LogP contribution in [0.15, 0.2) is 23.3 Å². The maximum Gasteiger partial charge on any atom is 0.259 e. The lowest BCUT2D eigenvalue weighted by atomic mass is 9.61. The first-order valence-electron chi connectivity index (χ1n) is 8.25. The Balaban J connectivity index is 1.92. The summed E-state index contributed by atoms with van der Waals surface area (Å²) in [4.78, 5) is 27.0. The van der Waals surface area contributed by atoms with Crippen molar-refractivity contribution < 1.29 is 4.79 Å². The Morgan fingerprint density at radius 1 is 1.36 bits per heavy atom. The minimum Gasteiger partial charge on any atom is -0.356 e. The second kappa shape index (κ2) is 5.88. The lowest BCUT2D eigenvalue weighted by Crippen LogP contribution is -2.58. The summed E-state index contributed by atoms with van der Waals surface area (Å²) >= 11 is 0.